The molecule has 0 radical (unpaired) electrons. The summed E-state index contributed by atoms with van der Waals surface area (Å²) < 4.78 is 0. The summed E-state index contributed by atoms with van der Waals surface area (Å²) in [6.45, 7) is 3.83. The van der Waals surface area contributed by atoms with E-state index in [4.69, 9.17) is 17.3 Å². The molecule has 5 nitrogen and oxygen atoms in total. The Morgan fingerprint density at radius 2 is 2.10 bits per heavy atom. The van der Waals surface area contributed by atoms with Gasteiger partial charge in [0.15, 0.2) is 5.78 Å². The van der Waals surface area contributed by atoms with Crippen LogP contribution in [0.5, 0.6) is 0 Å². The number of nitrogens with zero attached hydrogens (tertiary/aromatic N) is 1. The van der Waals surface area contributed by atoms with Crippen molar-refractivity contribution in [2.45, 2.75) is 6.17 Å². The van der Waals surface area contributed by atoms with Gasteiger partial charge in [0.05, 0.1) is 5.57 Å². The van der Waals surface area contributed by atoms with Crippen LogP contribution in [0.1, 0.15) is 10.4 Å². The number of carbonyl (C=O) groups is 2. The lowest BCUT2D eigenvalue weighted by Gasteiger charge is -2.32. The van der Waals surface area contributed by atoms with Crippen LogP contribution in [0.25, 0.3) is 0 Å². The number of amides is 2. The Balaban J connectivity index is 2.27. The molecule has 1 unspecified atom stereocenters. The number of halogens is 1. The number of rotatable bonds is 4. The van der Waals surface area contributed by atoms with Gasteiger partial charge in [0.25, 0.3) is 0 Å². The Labute approximate surface area is 121 Å². The third kappa shape index (κ3) is 2.74. The highest BCUT2D eigenvalue weighted by molar-refractivity contribution is 6.30. The molecular weight excluding hydrogens is 278 g/mol. The molecule has 1 aliphatic heterocycles. The highest BCUT2D eigenvalue weighted by atomic mass is 35.5. The molecule has 0 aromatic heterocycles. The zero-order valence-electron chi connectivity index (χ0n) is 10.7. The second kappa shape index (κ2) is 5.90. The molecule has 0 saturated heterocycles. The Morgan fingerprint density at radius 3 is 2.70 bits per heavy atom. The number of hydrogen-bond acceptors (Lipinski definition) is 3. The molecule has 104 valence electrons. The fraction of sp³-hybridized carbons (Fsp3) is 0.143. The maximum Gasteiger partial charge on any atom is 0.323 e. The molecular formula is C14H14ClN3O2. The van der Waals surface area contributed by atoms with Gasteiger partial charge in [-0.05, 0) is 24.3 Å². The summed E-state index contributed by atoms with van der Waals surface area (Å²) >= 11 is 5.79. The average molecular weight is 292 g/mol. The van der Waals surface area contributed by atoms with Gasteiger partial charge in [-0.2, -0.15) is 0 Å². The maximum absolute atomic E-state index is 12.4. The molecule has 2 rings (SSSR count). The largest absolute Gasteiger partial charge is 0.323 e. The number of ketones is 1. The van der Waals surface area contributed by atoms with Crippen LogP contribution in [-0.4, -0.2) is 29.4 Å². The molecule has 1 aromatic carbocycles. The number of nitrogens with one attached hydrogen (secondary N) is 1. The number of nitrogens with two attached hydrogens (primary N) is 1. The van der Waals surface area contributed by atoms with Gasteiger partial charge in [-0.1, -0.05) is 17.7 Å². The zero-order chi connectivity index (χ0) is 14.7. The lowest BCUT2D eigenvalue weighted by Crippen LogP contribution is -2.55. The first kappa shape index (κ1) is 14.3. The number of Topliss-reactive ketones (excluding diaryl/α,β-unsaturated/α-hetero) is 1. The summed E-state index contributed by atoms with van der Waals surface area (Å²) in [7, 11) is 0. The summed E-state index contributed by atoms with van der Waals surface area (Å²) in [5.74, 6) is -0.247. The van der Waals surface area contributed by atoms with E-state index in [0.717, 1.165) is 0 Å². The SMILES string of the molecule is C=CCN1C(=O)NC=C(C(=O)c2ccc(Cl)cc2)C1N. The lowest BCUT2D eigenvalue weighted by atomic mass is 10.0. The van der Waals surface area contributed by atoms with Crippen molar-refractivity contribution in [3.8, 4) is 0 Å². The normalized spacial score (nSPS) is 18.3. The van der Waals surface area contributed by atoms with Crippen LogP contribution in [0.2, 0.25) is 5.02 Å². The van der Waals surface area contributed by atoms with E-state index in [1.807, 2.05) is 0 Å². The molecule has 0 bridgehead atoms. The Morgan fingerprint density at radius 1 is 1.45 bits per heavy atom. The van der Waals surface area contributed by atoms with Gasteiger partial charge >= 0.3 is 6.03 Å². The summed E-state index contributed by atoms with van der Waals surface area (Å²) in [5, 5.41) is 3.06. The zero-order valence-corrected chi connectivity index (χ0v) is 11.4. The fourth-order valence-electron chi connectivity index (χ4n) is 1.91. The summed E-state index contributed by atoms with van der Waals surface area (Å²) in [6, 6.07) is 6.14. The van der Waals surface area contributed by atoms with E-state index >= 15 is 0 Å². The molecule has 0 fully saturated rings. The van der Waals surface area contributed by atoms with E-state index in [9.17, 15) is 9.59 Å². The van der Waals surface area contributed by atoms with Crippen molar-refractivity contribution in [2.24, 2.45) is 5.73 Å². The fourth-order valence-corrected chi connectivity index (χ4v) is 2.03. The Kier molecular flexibility index (Phi) is 4.22. The molecule has 1 heterocycles. The van der Waals surface area contributed by atoms with E-state index < -0.39 is 6.17 Å². The summed E-state index contributed by atoms with van der Waals surface area (Å²) in [6.07, 6.45) is 2.10. The van der Waals surface area contributed by atoms with E-state index in [1.165, 1.54) is 11.1 Å². The second-order valence-electron chi connectivity index (χ2n) is 4.27. The Bertz CT molecular complexity index is 581. The van der Waals surface area contributed by atoms with Crippen molar-refractivity contribution < 1.29 is 9.59 Å². The molecule has 0 aliphatic carbocycles. The van der Waals surface area contributed by atoms with Crippen molar-refractivity contribution in [3.63, 3.8) is 0 Å². The molecule has 1 aliphatic rings. The van der Waals surface area contributed by atoms with Gasteiger partial charge in [-0.25, -0.2) is 4.79 Å². The minimum Gasteiger partial charge on any atom is -0.314 e. The number of hydrogen-bond donors (Lipinski definition) is 2. The van der Waals surface area contributed by atoms with Crippen molar-refractivity contribution in [1.82, 2.24) is 10.2 Å². The van der Waals surface area contributed by atoms with E-state index in [-0.39, 0.29) is 18.4 Å². The van der Waals surface area contributed by atoms with Crippen LogP contribution >= 0.6 is 11.6 Å². The van der Waals surface area contributed by atoms with Crippen molar-refractivity contribution in [2.75, 3.05) is 6.54 Å². The minimum atomic E-state index is -0.801. The average Bonchev–Trinajstić information content (AvgIpc) is 2.44. The molecule has 6 heteroatoms. The number of benzene rings is 1. The number of urea groups is 1. The van der Waals surface area contributed by atoms with Gasteiger partial charge in [0.2, 0.25) is 0 Å². The highest BCUT2D eigenvalue weighted by Crippen LogP contribution is 2.18. The van der Waals surface area contributed by atoms with Crippen LogP contribution in [0, 0.1) is 0 Å². The molecule has 0 saturated carbocycles. The van der Waals surface area contributed by atoms with Gasteiger partial charge in [0.1, 0.15) is 6.17 Å². The van der Waals surface area contributed by atoms with Gasteiger partial charge in [0, 0.05) is 23.3 Å². The molecule has 1 aromatic rings. The van der Waals surface area contributed by atoms with Crippen LogP contribution in [-0.2, 0) is 0 Å². The van der Waals surface area contributed by atoms with Crippen LogP contribution in [0.3, 0.4) is 0 Å². The predicted molar refractivity (Wildman–Crippen MR) is 77.3 cm³/mol. The molecule has 1 atom stereocenters. The first-order valence-corrected chi connectivity index (χ1v) is 6.36. The second-order valence-corrected chi connectivity index (χ2v) is 4.71. The van der Waals surface area contributed by atoms with E-state index in [1.54, 1.807) is 30.3 Å². The van der Waals surface area contributed by atoms with E-state index in [2.05, 4.69) is 11.9 Å². The minimum absolute atomic E-state index is 0.247. The van der Waals surface area contributed by atoms with Crippen LogP contribution in [0.4, 0.5) is 4.79 Å². The first-order valence-electron chi connectivity index (χ1n) is 5.98. The molecule has 2 amide bonds. The van der Waals surface area contributed by atoms with Crippen molar-refractivity contribution in [1.29, 1.82) is 0 Å². The number of carbonyl (C=O) groups excluding carboxylic acids is 2. The van der Waals surface area contributed by atoms with Gasteiger partial charge in [-0.15, -0.1) is 6.58 Å². The van der Waals surface area contributed by atoms with Gasteiger partial charge in [-0.3, -0.25) is 4.79 Å². The smallest absolute Gasteiger partial charge is 0.314 e. The molecule has 0 spiro atoms. The summed E-state index contributed by atoms with van der Waals surface area (Å²) in [5.41, 5.74) is 6.75. The van der Waals surface area contributed by atoms with Crippen LogP contribution < -0.4 is 11.1 Å². The molecule has 3 N–H and O–H groups in total. The molecule has 20 heavy (non-hydrogen) atoms. The predicted octanol–water partition coefficient (Wildman–Crippen LogP) is 1.90. The topological polar surface area (TPSA) is 75.4 Å². The van der Waals surface area contributed by atoms with Gasteiger partial charge < -0.3 is 16.0 Å². The first-order chi connectivity index (χ1) is 9.54. The van der Waals surface area contributed by atoms with Crippen LogP contribution in [0.15, 0.2) is 48.7 Å². The monoisotopic (exact) mass is 291 g/mol. The standard InChI is InChI=1S/C14H14ClN3O2/c1-2-7-18-13(16)11(8-17-14(18)20)12(19)9-3-5-10(15)6-4-9/h2-6,8,13H,1,7,16H2,(H,17,20). The van der Waals surface area contributed by atoms with Crippen molar-refractivity contribution in [3.05, 3.63) is 59.3 Å². The third-order valence-electron chi connectivity index (χ3n) is 2.96. The van der Waals surface area contributed by atoms with Crippen molar-refractivity contribution >= 4 is 23.4 Å². The highest BCUT2D eigenvalue weighted by Gasteiger charge is 2.30. The lowest BCUT2D eigenvalue weighted by molar-refractivity contribution is 0.101. The third-order valence-corrected chi connectivity index (χ3v) is 3.21. The Hall–Kier alpha value is -2.11. The van der Waals surface area contributed by atoms with E-state index in [0.29, 0.717) is 16.2 Å². The maximum atomic E-state index is 12.4. The quantitative estimate of drug-likeness (QED) is 0.657. The summed E-state index contributed by atoms with van der Waals surface area (Å²) in [4.78, 5) is 25.4.